The Morgan fingerprint density at radius 1 is 1.53 bits per heavy atom. The van der Waals surface area contributed by atoms with Gasteiger partial charge in [-0.1, -0.05) is 6.92 Å². The van der Waals surface area contributed by atoms with Crippen molar-refractivity contribution in [3.63, 3.8) is 0 Å². The molecule has 86 valence electrons. The molecule has 6 heteroatoms. The first kappa shape index (κ1) is 11.9. The molecule has 2 N–H and O–H groups in total. The van der Waals surface area contributed by atoms with Gasteiger partial charge in [0.05, 0.1) is 19.8 Å². The number of carbonyl (C=O) groups is 2. The number of carboxylic acids is 1. The third-order valence-electron chi connectivity index (χ3n) is 2.13. The van der Waals surface area contributed by atoms with Crippen molar-refractivity contribution in [3.05, 3.63) is 0 Å². The zero-order valence-electron chi connectivity index (χ0n) is 8.56. The quantitative estimate of drug-likeness (QED) is 0.655. The molecule has 0 bridgehead atoms. The van der Waals surface area contributed by atoms with Gasteiger partial charge < -0.3 is 19.9 Å². The minimum Gasteiger partial charge on any atom is -0.480 e. The fourth-order valence-corrected chi connectivity index (χ4v) is 1.24. The number of ether oxygens (including phenoxy) is 2. The summed E-state index contributed by atoms with van der Waals surface area (Å²) in [5.74, 6) is -1.47. The van der Waals surface area contributed by atoms with Crippen LogP contribution < -0.4 is 5.32 Å². The third kappa shape index (κ3) is 3.49. The number of hydrogen-bond acceptors (Lipinski definition) is 4. The van der Waals surface area contributed by atoms with Crippen molar-refractivity contribution in [2.75, 3.05) is 19.8 Å². The lowest BCUT2D eigenvalue weighted by Gasteiger charge is -2.23. The van der Waals surface area contributed by atoms with Crippen molar-refractivity contribution < 1.29 is 24.2 Å². The maximum atomic E-state index is 11.5. The number of aliphatic carboxylic acids is 1. The molecule has 15 heavy (non-hydrogen) atoms. The van der Waals surface area contributed by atoms with E-state index in [1.54, 1.807) is 6.92 Å². The first-order chi connectivity index (χ1) is 7.15. The number of carbonyl (C=O) groups excluding carboxylic acids is 1. The van der Waals surface area contributed by atoms with Gasteiger partial charge >= 0.3 is 5.97 Å². The maximum Gasteiger partial charge on any atom is 0.326 e. The van der Waals surface area contributed by atoms with Crippen LogP contribution in [-0.4, -0.2) is 48.9 Å². The van der Waals surface area contributed by atoms with Crippen LogP contribution in [0.5, 0.6) is 0 Å². The van der Waals surface area contributed by atoms with Crippen LogP contribution in [0.1, 0.15) is 13.3 Å². The highest BCUT2D eigenvalue weighted by Crippen LogP contribution is 2.02. The third-order valence-corrected chi connectivity index (χ3v) is 2.13. The zero-order chi connectivity index (χ0) is 11.3. The summed E-state index contributed by atoms with van der Waals surface area (Å²) in [4.78, 5) is 22.2. The summed E-state index contributed by atoms with van der Waals surface area (Å²) in [7, 11) is 0. The normalized spacial score (nSPS) is 23.1. The molecule has 1 fully saturated rings. The number of nitrogens with one attached hydrogen (secondary N) is 1. The fraction of sp³-hybridized carbons (Fsp3) is 0.778. The van der Waals surface area contributed by atoms with Gasteiger partial charge in [-0.15, -0.1) is 0 Å². The molecular formula is C9H15NO5. The van der Waals surface area contributed by atoms with E-state index in [9.17, 15) is 9.59 Å². The van der Waals surface area contributed by atoms with Gasteiger partial charge in [-0.3, -0.25) is 4.79 Å². The van der Waals surface area contributed by atoms with E-state index in [0.29, 0.717) is 19.6 Å². The van der Waals surface area contributed by atoms with Gasteiger partial charge in [0.2, 0.25) is 0 Å². The first-order valence-corrected chi connectivity index (χ1v) is 4.87. The Morgan fingerprint density at radius 2 is 2.27 bits per heavy atom. The Kier molecular flexibility index (Phi) is 4.51. The highest BCUT2D eigenvalue weighted by atomic mass is 16.6. The van der Waals surface area contributed by atoms with Crippen LogP contribution in [0.25, 0.3) is 0 Å². The molecule has 1 saturated heterocycles. The monoisotopic (exact) mass is 217 g/mol. The Hall–Kier alpha value is -1.14. The average molecular weight is 217 g/mol. The largest absolute Gasteiger partial charge is 0.480 e. The summed E-state index contributed by atoms with van der Waals surface area (Å²) in [5.41, 5.74) is 0. The smallest absolute Gasteiger partial charge is 0.326 e. The molecule has 1 unspecified atom stereocenters. The molecule has 1 aliphatic rings. The van der Waals surface area contributed by atoms with Crippen molar-refractivity contribution in [2.45, 2.75) is 25.5 Å². The summed E-state index contributed by atoms with van der Waals surface area (Å²) in [6, 6.07) is -0.858. The molecule has 0 aliphatic carbocycles. The summed E-state index contributed by atoms with van der Waals surface area (Å²) >= 11 is 0. The van der Waals surface area contributed by atoms with Gasteiger partial charge in [-0.25, -0.2) is 4.79 Å². The van der Waals surface area contributed by atoms with Crippen molar-refractivity contribution >= 4 is 11.9 Å². The average Bonchev–Trinajstić information content (AvgIpc) is 2.26. The van der Waals surface area contributed by atoms with Crippen LogP contribution in [-0.2, 0) is 19.1 Å². The van der Waals surface area contributed by atoms with E-state index in [1.807, 2.05) is 0 Å². The second-order valence-corrected chi connectivity index (χ2v) is 3.24. The molecular weight excluding hydrogens is 202 g/mol. The van der Waals surface area contributed by atoms with Crippen LogP contribution in [0.15, 0.2) is 0 Å². The lowest BCUT2D eigenvalue weighted by molar-refractivity contribution is -0.152. The second-order valence-electron chi connectivity index (χ2n) is 3.24. The molecule has 1 aliphatic heterocycles. The van der Waals surface area contributed by atoms with Crippen molar-refractivity contribution in [2.24, 2.45) is 0 Å². The lowest BCUT2D eigenvalue weighted by Crippen LogP contribution is -2.49. The molecule has 1 heterocycles. The van der Waals surface area contributed by atoms with Gasteiger partial charge in [-0.2, -0.15) is 0 Å². The molecule has 0 aromatic heterocycles. The van der Waals surface area contributed by atoms with E-state index in [4.69, 9.17) is 14.6 Å². The van der Waals surface area contributed by atoms with Crippen LogP contribution >= 0.6 is 0 Å². The van der Waals surface area contributed by atoms with E-state index in [2.05, 4.69) is 5.32 Å². The molecule has 0 aromatic carbocycles. The molecule has 2 atom stereocenters. The van der Waals surface area contributed by atoms with Crippen LogP contribution in [0.4, 0.5) is 0 Å². The molecule has 1 amide bonds. The lowest BCUT2D eigenvalue weighted by atomic mass is 10.2. The maximum absolute atomic E-state index is 11.5. The highest BCUT2D eigenvalue weighted by molar-refractivity contribution is 5.86. The van der Waals surface area contributed by atoms with E-state index >= 15 is 0 Å². The minimum absolute atomic E-state index is 0.182. The predicted octanol–water partition coefficient (Wildman–Crippen LogP) is -0.619. The molecule has 0 aromatic rings. The second kappa shape index (κ2) is 5.67. The van der Waals surface area contributed by atoms with E-state index in [0.717, 1.165) is 0 Å². The highest BCUT2D eigenvalue weighted by Gasteiger charge is 2.26. The summed E-state index contributed by atoms with van der Waals surface area (Å²) in [6.45, 7) is 2.71. The Bertz CT molecular complexity index is 237. The topological polar surface area (TPSA) is 84.9 Å². The minimum atomic E-state index is -1.04. The van der Waals surface area contributed by atoms with E-state index < -0.39 is 24.0 Å². The van der Waals surface area contributed by atoms with Crippen molar-refractivity contribution in [1.82, 2.24) is 5.32 Å². The van der Waals surface area contributed by atoms with E-state index in [1.165, 1.54) is 0 Å². The number of hydrogen-bond donors (Lipinski definition) is 2. The number of amides is 1. The fourth-order valence-electron chi connectivity index (χ4n) is 1.24. The Labute approximate surface area is 87.5 Å². The molecule has 0 radical (unpaired) electrons. The predicted molar refractivity (Wildman–Crippen MR) is 50.4 cm³/mol. The van der Waals surface area contributed by atoms with Crippen molar-refractivity contribution in [3.8, 4) is 0 Å². The van der Waals surface area contributed by atoms with Crippen molar-refractivity contribution in [1.29, 1.82) is 0 Å². The van der Waals surface area contributed by atoms with Gasteiger partial charge in [0.25, 0.3) is 5.91 Å². The van der Waals surface area contributed by atoms with Crippen LogP contribution in [0.3, 0.4) is 0 Å². The molecule has 6 nitrogen and oxygen atoms in total. The van der Waals surface area contributed by atoms with Crippen LogP contribution in [0, 0.1) is 0 Å². The van der Waals surface area contributed by atoms with E-state index in [-0.39, 0.29) is 6.61 Å². The molecule has 1 rings (SSSR count). The summed E-state index contributed by atoms with van der Waals surface area (Å²) < 4.78 is 10.2. The summed E-state index contributed by atoms with van der Waals surface area (Å²) in [5, 5.41) is 11.1. The van der Waals surface area contributed by atoms with Gasteiger partial charge in [0.1, 0.15) is 6.04 Å². The van der Waals surface area contributed by atoms with Gasteiger partial charge in [0.15, 0.2) is 6.10 Å². The SMILES string of the molecule is CC[C@H](NC(=O)C1COCCO1)C(=O)O. The van der Waals surface area contributed by atoms with Crippen LogP contribution in [0.2, 0.25) is 0 Å². The van der Waals surface area contributed by atoms with Gasteiger partial charge in [-0.05, 0) is 6.42 Å². The van der Waals surface area contributed by atoms with Gasteiger partial charge in [0, 0.05) is 0 Å². The Morgan fingerprint density at radius 3 is 2.73 bits per heavy atom. The standard InChI is InChI=1S/C9H15NO5/c1-2-6(9(12)13)10-8(11)7-5-14-3-4-15-7/h6-7H,2-5H2,1H3,(H,10,11)(H,12,13)/t6-,7?/m0/s1. The summed E-state index contributed by atoms with van der Waals surface area (Å²) in [6.07, 6.45) is -0.346. The zero-order valence-corrected chi connectivity index (χ0v) is 8.56. The first-order valence-electron chi connectivity index (χ1n) is 4.87. The molecule has 0 saturated carbocycles. The number of carboxylic acid groups (broad SMARTS) is 1. The number of rotatable bonds is 4. The molecule has 0 spiro atoms. The Balaban J connectivity index is 2.42.